The maximum atomic E-state index is 13.5. The van der Waals surface area contributed by atoms with Crippen molar-refractivity contribution in [1.82, 2.24) is 5.16 Å². The number of aryl methyl sites for hydroxylation is 3. The number of nitrogens with zero attached hydrogens (tertiary/aromatic N) is 1. The van der Waals surface area contributed by atoms with Crippen molar-refractivity contribution in [2.24, 2.45) is 0 Å². The molecule has 0 aliphatic heterocycles. The van der Waals surface area contributed by atoms with Gasteiger partial charge in [0, 0.05) is 11.3 Å². The fourth-order valence-electron chi connectivity index (χ4n) is 2.85. The normalized spacial score (nSPS) is 10.7. The van der Waals surface area contributed by atoms with Crippen LogP contribution in [0.3, 0.4) is 0 Å². The molecule has 0 saturated heterocycles. The van der Waals surface area contributed by atoms with E-state index in [1.54, 1.807) is 19.1 Å². The van der Waals surface area contributed by atoms with Crippen LogP contribution in [-0.4, -0.2) is 11.1 Å². The first-order valence-electron chi connectivity index (χ1n) is 8.13. The van der Waals surface area contributed by atoms with Crippen molar-refractivity contribution < 1.29 is 13.7 Å². The number of nitrogens with one attached hydrogen (secondary N) is 1. The zero-order chi connectivity index (χ0) is 18.0. The van der Waals surface area contributed by atoms with Crippen molar-refractivity contribution in [3.8, 4) is 11.3 Å². The van der Waals surface area contributed by atoms with Gasteiger partial charge in [0.25, 0.3) is 5.91 Å². The van der Waals surface area contributed by atoms with Crippen LogP contribution in [0.25, 0.3) is 11.3 Å². The van der Waals surface area contributed by atoms with Crippen molar-refractivity contribution in [3.05, 3.63) is 70.7 Å². The van der Waals surface area contributed by atoms with Gasteiger partial charge in [-0.15, -0.1) is 0 Å². The maximum Gasteiger partial charge on any atom is 0.261 e. The summed E-state index contributed by atoms with van der Waals surface area (Å²) >= 11 is 0. The first kappa shape index (κ1) is 16.9. The smallest absolute Gasteiger partial charge is 0.261 e. The summed E-state index contributed by atoms with van der Waals surface area (Å²) in [7, 11) is 0. The van der Waals surface area contributed by atoms with Gasteiger partial charge in [0.15, 0.2) is 0 Å². The highest BCUT2D eigenvalue weighted by molar-refractivity contribution is 6.09. The van der Waals surface area contributed by atoms with Gasteiger partial charge >= 0.3 is 0 Å². The second-order valence-corrected chi connectivity index (χ2v) is 5.89. The molecule has 1 amide bonds. The van der Waals surface area contributed by atoms with Crippen LogP contribution in [0.2, 0.25) is 0 Å². The Labute approximate surface area is 145 Å². The molecule has 0 fully saturated rings. The second-order valence-electron chi connectivity index (χ2n) is 5.89. The lowest BCUT2D eigenvalue weighted by molar-refractivity contribution is 0.102. The Kier molecular flexibility index (Phi) is 4.65. The molecule has 0 aliphatic rings. The number of hydrogen-bond donors (Lipinski definition) is 1. The molecule has 0 spiro atoms. The average molecular weight is 338 g/mol. The number of carbonyl (C=O) groups is 1. The zero-order valence-corrected chi connectivity index (χ0v) is 14.4. The average Bonchev–Trinajstić information content (AvgIpc) is 2.98. The lowest BCUT2D eigenvalue weighted by Gasteiger charge is -2.13. The number of anilines is 1. The van der Waals surface area contributed by atoms with E-state index in [1.807, 2.05) is 32.0 Å². The minimum Gasteiger partial charge on any atom is -0.360 e. The van der Waals surface area contributed by atoms with Crippen LogP contribution in [0.5, 0.6) is 0 Å². The summed E-state index contributed by atoms with van der Waals surface area (Å²) in [6, 6.07) is 11.8. The number of halogens is 1. The van der Waals surface area contributed by atoms with Crippen LogP contribution in [-0.2, 0) is 6.42 Å². The van der Waals surface area contributed by atoms with E-state index in [4.69, 9.17) is 4.52 Å². The minimum atomic E-state index is -0.392. The number of hydrogen-bond acceptors (Lipinski definition) is 3. The second kappa shape index (κ2) is 6.89. The molecule has 4 nitrogen and oxygen atoms in total. The van der Waals surface area contributed by atoms with Crippen molar-refractivity contribution in [1.29, 1.82) is 0 Å². The third kappa shape index (κ3) is 3.31. The summed E-state index contributed by atoms with van der Waals surface area (Å²) in [4.78, 5) is 12.9. The Morgan fingerprint density at radius 2 is 1.96 bits per heavy atom. The van der Waals surface area contributed by atoms with Gasteiger partial charge in [0.2, 0.25) is 0 Å². The molecular weight excluding hydrogens is 319 g/mol. The molecule has 0 radical (unpaired) electrons. The quantitative estimate of drug-likeness (QED) is 0.735. The predicted molar refractivity (Wildman–Crippen MR) is 95.1 cm³/mol. The van der Waals surface area contributed by atoms with Gasteiger partial charge in [0.05, 0.1) is 0 Å². The highest BCUT2D eigenvalue weighted by Gasteiger charge is 2.23. The summed E-state index contributed by atoms with van der Waals surface area (Å²) < 4.78 is 18.7. The van der Waals surface area contributed by atoms with E-state index < -0.39 is 5.82 Å². The molecule has 0 saturated carbocycles. The van der Waals surface area contributed by atoms with Gasteiger partial charge in [-0.05, 0) is 43.5 Å². The maximum absolute atomic E-state index is 13.5. The van der Waals surface area contributed by atoms with Gasteiger partial charge < -0.3 is 9.84 Å². The molecule has 1 N–H and O–H groups in total. The standard InChI is InChI=1S/C20H19FN2O2/c1-4-14-8-5-7-12(2)18(14)22-20(24)17-13(3)25-23-19(17)15-9-6-10-16(21)11-15/h5-11H,4H2,1-3H3,(H,22,24). The van der Waals surface area contributed by atoms with Crippen LogP contribution in [0.4, 0.5) is 10.1 Å². The Balaban J connectivity index is 2.01. The molecule has 0 aliphatic carbocycles. The number of amides is 1. The van der Waals surface area contributed by atoms with E-state index in [0.29, 0.717) is 22.6 Å². The van der Waals surface area contributed by atoms with Crippen LogP contribution < -0.4 is 5.32 Å². The molecule has 5 heteroatoms. The molecule has 0 unspecified atom stereocenters. The van der Waals surface area contributed by atoms with Crippen molar-refractivity contribution >= 4 is 11.6 Å². The Bertz CT molecular complexity index is 931. The first-order valence-corrected chi connectivity index (χ1v) is 8.13. The summed E-state index contributed by atoms with van der Waals surface area (Å²) in [6.45, 7) is 5.65. The van der Waals surface area contributed by atoms with E-state index in [2.05, 4.69) is 10.5 Å². The SMILES string of the molecule is CCc1cccc(C)c1NC(=O)c1c(-c2cccc(F)c2)noc1C. The van der Waals surface area contributed by atoms with Crippen LogP contribution in [0, 0.1) is 19.7 Å². The summed E-state index contributed by atoms with van der Waals surface area (Å²) in [5, 5.41) is 6.92. The molecule has 3 rings (SSSR count). The monoisotopic (exact) mass is 338 g/mol. The van der Waals surface area contributed by atoms with Gasteiger partial charge in [-0.25, -0.2) is 4.39 Å². The van der Waals surface area contributed by atoms with Crippen LogP contribution in [0.1, 0.15) is 34.2 Å². The molecule has 1 aromatic heterocycles. The Morgan fingerprint density at radius 1 is 1.20 bits per heavy atom. The van der Waals surface area contributed by atoms with E-state index in [-0.39, 0.29) is 5.91 Å². The highest BCUT2D eigenvalue weighted by atomic mass is 19.1. The lowest BCUT2D eigenvalue weighted by Crippen LogP contribution is -2.15. The Morgan fingerprint density at radius 3 is 2.68 bits per heavy atom. The molecular formula is C20H19FN2O2. The largest absolute Gasteiger partial charge is 0.360 e. The molecule has 2 aromatic carbocycles. The number of benzene rings is 2. The van der Waals surface area contributed by atoms with Crippen LogP contribution >= 0.6 is 0 Å². The zero-order valence-electron chi connectivity index (χ0n) is 14.4. The third-order valence-corrected chi connectivity index (χ3v) is 4.17. The number of aromatic nitrogens is 1. The van der Waals surface area contributed by atoms with Crippen molar-refractivity contribution in [2.45, 2.75) is 27.2 Å². The molecule has 0 atom stereocenters. The predicted octanol–water partition coefficient (Wildman–Crippen LogP) is 4.91. The summed E-state index contributed by atoms with van der Waals surface area (Å²) in [6.07, 6.45) is 0.802. The van der Waals surface area contributed by atoms with Crippen molar-refractivity contribution in [2.75, 3.05) is 5.32 Å². The number of para-hydroxylation sites is 1. The van der Waals surface area contributed by atoms with Gasteiger partial charge in [0.1, 0.15) is 22.8 Å². The van der Waals surface area contributed by atoms with Gasteiger partial charge in [-0.3, -0.25) is 4.79 Å². The summed E-state index contributed by atoms with van der Waals surface area (Å²) in [5.41, 5.74) is 3.98. The number of rotatable bonds is 4. The Hall–Kier alpha value is -2.95. The van der Waals surface area contributed by atoms with E-state index in [0.717, 1.165) is 23.2 Å². The highest BCUT2D eigenvalue weighted by Crippen LogP contribution is 2.28. The molecule has 0 bridgehead atoms. The molecule has 128 valence electrons. The van der Waals surface area contributed by atoms with E-state index >= 15 is 0 Å². The van der Waals surface area contributed by atoms with E-state index in [9.17, 15) is 9.18 Å². The van der Waals surface area contributed by atoms with Crippen LogP contribution in [0.15, 0.2) is 47.0 Å². The first-order chi connectivity index (χ1) is 12.0. The fraction of sp³-hybridized carbons (Fsp3) is 0.200. The minimum absolute atomic E-state index is 0.316. The van der Waals surface area contributed by atoms with Gasteiger partial charge in [-0.1, -0.05) is 42.4 Å². The van der Waals surface area contributed by atoms with E-state index in [1.165, 1.54) is 12.1 Å². The van der Waals surface area contributed by atoms with Gasteiger partial charge in [-0.2, -0.15) is 0 Å². The van der Waals surface area contributed by atoms with Crippen molar-refractivity contribution in [3.63, 3.8) is 0 Å². The fourth-order valence-corrected chi connectivity index (χ4v) is 2.85. The third-order valence-electron chi connectivity index (χ3n) is 4.17. The molecule has 3 aromatic rings. The lowest BCUT2D eigenvalue weighted by atomic mass is 10.0. The molecule has 1 heterocycles. The summed E-state index contributed by atoms with van der Waals surface area (Å²) in [5.74, 6) is -0.318. The number of carbonyl (C=O) groups excluding carboxylic acids is 1. The molecule has 25 heavy (non-hydrogen) atoms. The topological polar surface area (TPSA) is 55.1 Å².